The van der Waals surface area contributed by atoms with Crippen LogP contribution in [0.5, 0.6) is 0 Å². The van der Waals surface area contributed by atoms with Crippen molar-refractivity contribution >= 4 is 47.0 Å². The third-order valence-electron chi connectivity index (χ3n) is 1.65. The molecule has 1 heterocycles. The Bertz CT molecular complexity index is 114. The maximum atomic E-state index is 2.23. The molecule has 0 saturated carbocycles. The highest BCUT2D eigenvalue weighted by molar-refractivity contribution is 8.09. The summed E-state index contributed by atoms with van der Waals surface area (Å²) in [6, 6.07) is 0. The lowest BCUT2D eigenvalue weighted by Gasteiger charge is -2.00. The van der Waals surface area contributed by atoms with E-state index in [4.69, 9.17) is 0 Å². The van der Waals surface area contributed by atoms with Gasteiger partial charge in [-0.2, -0.15) is 47.0 Å². The van der Waals surface area contributed by atoms with Crippen LogP contribution >= 0.6 is 47.0 Å². The summed E-state index contributed by atoms with van der Waals surface area (Å²) in [4.78, 5) is 0. The van der Waals surface area contributed by atoms with Crippen LogP contribution in [0.25, 0.3) is 0 Å². The minimum atomic E-state index is 1.02. The van der Waals surface area contributed by atoms with Crippen LogP contribution in [0.4, 0.5) is 0 Å². The highest BCUT2D eigenvalue weighted by Crippen LogP contribution is 2.32. The molecule has 0 aliphatic carbocycles. The maximum absolute atomic E-state index is 2.23. The first kappa shape index (κ1) is 12.5. The van der Waals surface area contributed by atoms with Crippen LogP contribution in [0.15, 0.2) is 0 Å². The Kier molecular flexibility index (Phi) is 8.33. The molecule has 78 valence electrons. The molecular formula is C9H18S4. The van der Waals surface area contributed by atoms with E-state index in [0.717, 1.165) is 5.25 Å². The summed E-state index contributed by atoms with van der Waals surface area (Å²) in [6.45, 7) is 2.23. The number of hydrogen-bond acceptors (Lipinski definition) is 4. The molecule has 0 nitrogen and oxygen atoms in total. The molecule has 13 heavy (non-hydrogen) atoms. The normalized spacial score (nSPS) is 20.5. The zero-order valence-corrected chi connectivity index (χ0v) is 11.4. The predicted octanol–water partition coefficient (Wildman–Crippen LogP) is 3.32. The molecule has 1 aliphatic rings. The maximum Gasteiger partial charge on any atom is 0.0229 e. The first-order valence-electron chi connectivity index (χ1n) is 4.78. The monoisotopic (exact) mass is 254 g/mol. The van der Waals surface area contributed by atoms with Gasteiger partial charge in [0.15, 0.2) is 0 Å². The second kappa shape index (κ2) is 8.69. The summed E-state index contributed by atoms with van der Waals surface area (Å²) in [5, 5.41) is 1.02. The van der Waals surface area contributed by atoms with Gasteiger partial charge in [-0.3, -0.25) is 0 Å². The Hall–Kier alpha value is 1.40. The summed E-state index contributed by atoms with van der Waals surface area (Å²) < 4.78 is 0. The largest absolute Gasteiger partial charge is 0.161 e. The van der Waals surface area contributed by atoms with Gasteiger partial charge >= 0.3 is 0 Å². The van der Waals surface area contributed by atoms with Gasteiger partial charge in [-0.1, -0.05) is 6.92 Å². The van der Waals surface area contributed by atoms with Crippen molar-refractivity contribution in [1.29, 1.82) is 0 Å². The summed E-state index contributed by atoms with van der Waals surface area (Å²) in [5.74, 6) is 9.49. The lowest BCUT2D eigenvalue weighted by molar-refractivity contribution is 1.26. The molecule has 1 aliphatic heterocycles. The van der Waals surface area contributed by atoms with Crippen molar-refractivity contribution in [2.75, 3.05) is 40.3 Å². The molecule has 4 heteroatoms. The van der Waals surface area contributed by atoms with Crippen LogP contribution in [0, 0.1) is 0 Å². The standard InChI is InChI=1S/C9H18S4/c1-2-10-3-4-11-5-6-12-7-9-8-13-9/h9H,2-8H2,1H3. The zero-order chi connectivity index (χ0) is 9.36. The summed E-state index contributed by atoms with van der Waals surface area (Å²) >= 11 is 8.42. The molecule has 0 aromatic rings. The number of rotatable bonds is 9. The Morgan fingerprint density at radius 2 is 1.69 bits per heavy atom. The molecule has 0 aromatic carbocycles. The van der Waals surface area contributed by atoms with Gasteiger partial charge in [-0.25, -0.2) is 0 Å². The van der Waals surface area contributed by atoms with Crippen molar-refractivity contribution in [1.82, 2.24) is 0 Å². The fourth-order valence-corrected chi connectivity index (χ4v) is 4.86. The summed E-state index contributed by atoms with van der Waals surface area (Å²) in [6.07, 6.45) is 0. The predicted molar refractivity (Wildman–Crippen MR) is 73.9 cm³/mol. The van der Waals surface area contributed by atoms with Gasteiger partial charge in [0.2, 0.25) is 0 Å². The van der Waals surface area contributed by atoms with E-state index in [1.807, 2.05) is 0 Å². The van der Waals surface area contributed by atoms with Crippen molar-refractivity contribution in [3.05, 3.63) is 0 Å². The molecular weight excluding hydrogens is 236 g/mol. The second-order valence-corrected chi connectivity index (χ2v) is 7.94. The van der Waals surface area contributed by atoms with Crippen LogP contribution in [-0.4, -0.2) is 45.5 Å². The second-order valence-electron chi connectivity index (χ2n) is 2.84. The lowest BCUT2D eigenvalue weighted by Crippen LogP contribution is -1.93. The van der Waals surface area contributed by atoms with Crippen LogP contribution in [0.2, 0.25) is 0 Å². The summed E-state index contributed by atoms with van der Waals surface area (Å²) in [5.41, 5.74) is 0. The highest BCUT2D eigenvalue weighted by atomic mass is 32.2. The molecule has 1 saturated heterocycles. The number of hydrogen-bond donors (Lipinski definition) is 0. The van der Waals surface area contributed by atoms with E-state index in [1.54, 1.807) is 0 Å². The Morgan fingerprint density at radius 1 is 1.08 bits per heavy atom. The Labute approximate surface area is 99.1 Å². The van der Waals surface area contributed by atoms with Crippen molar-refractivity contribution < 1.29 is 0 Å². The van der Waals surface area contributed by atoms with E-state index in [0.29, 0.717) is 0 Å². The quantitative estimate of drug-likeness (QED) is 0.457. The molecule has 1 rings (SSSR count). The van der Waals surface area contributed by atoms with E-state index in [1.165, 1.54) is 40.3 Å². The van der Waals surface area contributed by atoms with Crippen molar-refractivity contribution in [2.24, 2.45) is 0 Å². The SMILES string of the molecule is CCSCCSCCSCC1CS1. The molecule has 0 N–H and O–H groups in total. The minimum absolute atomic E-state index is 1.02. The van der Waals surface area contributed by atoms with E-state index in [9.17, 15) is 0 Å². The molecule has 1 unspecified atom stereocenters. The van der Waals surface area contributed by atoms with Gasteiger partial charge in [0.1, 0.15) is 0 Å². The van der Waals surface area contributed by atoms with Crippen molar-refractivity contribution in [3.63, 3.8) is 0 Å². The molecule has 0 bridgehead atoms. The van der Waals surface area contributed by atoms with E-state index >= 15 is 0 Å². The number of thioether (sulfide) groups is 4. The topological polar surface area (TPSA) is 0 Å². The molecule has 0 amide bonds. The molecule has 0 radical (unpaired) electrons. The molecule has 1 atom stereocenters. The van der Waals surface area contributed by atoms with Gasteiger partial charge in [-0.05, 0) is 5.75 Å². The first-order chi connectivity index (χ1) is 6.43. The van der Waals surface area contributed by atoms with Crippen molar-refractivity contribution in [2.45, 2.75) is 12.2 Å². The van der Waals surface area contributed by atoms with E-state index in [-0.39, 0.29) is 0 Å². The van der Waals surface area contributed by atoms with E-state index < -0.39 is 0 Å². The highest BCUT2D eigenvalue weighted by Gasteiger charge is 2.21. The van der Waals surface area contributed by atoms with Gasteiger partial charge in [0, 0.05) is 39.8 Å². The lowest BCUT2D eigenvalue weighted by atomic mass is 10.6. The van der Waals surface area contributed by atoms with Gasteiger partial charge in [0.05, 0.1) is 0 Å². The fraction of sp³-hybridized carbons (Fsp3) is 1.00. The summed E-state index contributed by atoms with van der Waals surface area (Å²) in [7, 11) is 0. The van der Waals surface area contributed by atoms with Crippen LogP contribution in [0.3, 0.4) is 0 Å². The smallest absolute Gasteiger partial charge is 0.0229 e. The van der Waals surface area contributed by atoms with Gasteiger partial charge in [0.25, 0.3) is 0 Å². The average molecular weight is 255 g/mol. The first-order valence-corrected chi connectivity index (χ1v) is 9.29. The van der Waals surface area contributed by atoms with Crippen LogP contribution in [0.1, 0.15) is 6.92 Å². The molecule has 0 aromatic heterocycles. The molecule has 0 spiro atoms. The van der Waals surface area contributed by atoms with Gasteiger partial charge in [-0.15, -0.1) is 0 Å². The average Bonchev–Trinajstić information content (AvgIpc) is 2.93. The third-order valence-corrected chi connectivity index (χ3v) is 6.37. The fourth-order valence-electron chi connectivity index (χ4n) is 0.861. The Balaban J connectivity index is 1.63. The van der Waals surface area contributed by atoms with E-state index in [2.05, 4.69) is 54.0 Å². The zero-order valence-electron chi connectivity index (χ0n) is 8.16. The third kappa shape index (κ3) is 8.40. The van der Waals surface area contributed by atoms with Crippen LogP contribution in [-0.2, 0) is 0 Å². The van der Waals surface area contributed by atoms with Crippen molar-refractivity contribution in [3.8, 4) is 0 Å². The molecule has 1 fully saturated rings. The van der Waals surface area contributed by atoms with Crippen LogP contribution < -0.4 is 0 Å². The Morgan fingerprint density at radius 3 is 2.31 bits per heavy atom. The minimum Gasteiger partial charge on any atom is -0.161 e. The van der Waals surface area contributed by atoms with Gasteiger partial charge < -0.3 is 0 Å².